The van der Waals surface area contributed by atoms with Crippen molar-refractivity contribution < 1.29 is 9.42 Å². The summed E-state index contributed by atoms with van der Waals surface area (Å²) in [5.74, 6) is 2.08. The van der Waals surface area contributed by atoms with E-state index in [2.05, 4.69) is 69.2 Å². The van der Waals surface area contributed by atoms with Crippen molar-refractivity contribution in [2.24, 2.45) is 23.7 Å². The van der Waals surface area contributed by atoms with E-state index in [4.69, 9.17) is 16.3 Å². The molecule has 0 rings (SSSR count). The molecule has 3 unspecified atom stereocenters. The van der Waals surface area contributed by atoms with Crippen LogP contribution in [0.3, 0.4) is 0 Å². The van der Waals surface area contributed by atoms with Crippen LogP contribution >= 0.6 is 17.1 Å². The van der Waals surface area contributed by atoms with Crippen LogP contribution in [0, 0.1) is 23.7 Å². The first-order chi connectivity index (χ1) is 10.1. The Balaban J connectivity index is 4.95. The van der Waals surface area contributed by atoms with E-state index >= 15 is 0 Å². The average molecular weight is 383 g/mol. The minimum absolute atomic E-state index is 0.0914. The summed E-state index contributed by atoms with van der Waals surface area (Å²) < 4.78 is 6.03. The van der Waals surface area contributed by atoms with Crippen LogP contribution in [0.2, 0.25) is 0 Å². The van der Waals surface area contributed by atoms with Gasteiger partial charge >= 0.3 is 0 Å². The molecular weight excluding hydrogens is 343 g/mol. The third-order valence-electron chi connectivity index (χ3n) is 4.72. The minimum Gasteiger partial charge on any atom is -0.337 e. The van der Waals surface area contributed by atoms with Crippen LogP contribution in [-0.4, -0.2) is 15.2 Å². The topological polar surface area (TPSA) is 29.5 Å². The van der Waals surface area contributed by atoms with Gasteiger partial charge in [0.15, 0.2) is 0 Å². The Hall–Kier alpha value is 0.920. The molecule has 0 bridgehead atoms. The van der Waals surface area contributed by atoms with Gasteiger partial charge in [-0.25, -0.2) is 0 Å². The molecule has 0 spiro atoms. The molecule has 0 aromatic heterocycles. The Labute approximate surface area is 154 Å². The second-order valence-electron chi connectivity index (χ2n) is 8.92. The zero-order valence-electron chi connectivity index (χ0n) is 16.8. The standard InChI is InChI=1S/C18H39O2PS2/c1-13(2)11-15(5)17(7,8)20-21(19,22)23-18(9,10)16(6)12-14(3)4/h13-16H,11-12H2,1-10H3,(H,19,22). The zero-order valence-corrected chi connectivity index (χ0v) is 19.4. The number of hydrogen-bond donors (Lipinski definition) is 1. The summed E-state index contributed by atoms with van der Waals surface area (Å²) in [7, 11) is 0. The fourth-order valence-corrected chi connectivity index (χ4v) is 9.77. The summed E-state index contributed by atoms with van der Waals surface area (Å²) in [5, 5.41) is 0. The average Bonchev–Trinajstić information content (AvgIpc) is 2.23. The van der Waals surface area contributed by atoms with E-state index in [1.165, 1.54) is 11.4 Å². The van der Waals surface area contributed by atoms with Gasteiger partial charge in [0.25, 0.3) is 0 Å². The van der Waals surface area contributed by atoms with Crippen LogP contribution in [0.15, 0.2) is 0 Å². The van der Waals surface area contributed by atoms with Crippen molar-refractivity contribution in [2.45, 2.75) is 92.4 Å². The van der Waals surface area contributed by atoms with Crippen LogP contribution < -0.4 is 0 Å². The maximum atomic E-state index is 10.8. The molecule has 5 heteroatoms. The molecular formula is C18H39O2PS2. The van der Waals surface area contributed by atoms with E-state index in [9.17, 15) is 4.89 Å². The van der Waals surface area contributed by atoms with Gasteiger partial charge in [-0.15, -0.1) is 0 Å². The van der Waals surface area contributed by atoms with Crippen molar-refractivity contribution in [1.29, 1.82) is 0 Å². The van der Waals surface area contributed by atoms with Crippen LogP contribution in [-0.2, 0) is 16.3 Å². The van der Waals surface area contributed by atoms with Crippen molar-refractivity contribution in [3.63, 3.8) is 0 Å². The van der Waals surface area contributed by atoms with Gasteiger partial charge in [-0.05, 0) is 76.0 Å². The van der Waals surface area contributed by atoms with Gasteiger partial charge in [-0.1, -0.05) is 52.9 Å². The van der Waals surface area contributed by atoms with Gasteiger partial charge in [-0.2, -0.15) is 0 Å². The van der Waals surface area contributed by atoms with Crippen molar-refractivity contribution in [1.82, 2.24) is 0 Å². The molecule has 0 aliphatic rings. The summed E-state index contributed by atoms with van der Waals surface area (Å²) in [6.45, 7) is 21.8. The largest absolute Gasteiger partial charge is 0.337 e. The third-order valence-corrected chi connectivity index (χ3v) is 9.75. The van der Waals surface area contributed by atoms with E-state index < -0.39 is 11.3 Å². The fourth-order valence-electron chi connectivity index (χ4n) is 2.78. The SMILES string of the molecule is CC(C)CC(C)C(C)(C)OP(O)(=S)SC(C)(C)C(C)CC(C)C. The van der Waals surface area contributed by atoms with Crippen molar-refractivity contribution in [3.05, 3.63) is 0 Å². The maximum Gasteiger partial charge on any atom is 0.245 e. The number of rotatable bonds is 10. The highest BCUT2D eigenvalue weighted by molar-refractivity contribution is 8.68. The Morgan fingerprint density at radius 2 is 1.30 bits per heavy atom. The van der Waals surface area contributed by atoms with Crippen molar-refractivity contribution in [2.75, 3.05) is 0 Å². The van der Waals surface area contributed by atoms with Crippen molar-refractivity contribution >= 4 is 28.9 Å². The van der Waals surface area contributed by atoms with Crippen LogP contribution in [0.1, 0.15) is 82.1 Å². The molecule has 0 aromatic rings. The van der Waals surface area contributed by atoms with Crippen LogP contribution in [0.25, 0.3) is 0 Å². The van der Waals surface area contributed by atoms with Gasteiger partial charge in [0.1, 0.15) is 0 Å². The summed E-state index contributed by atoms with van der Waals surface area (Å²) >= 11 is 6.99. The Kier molecular flexibility index (Phi) is 9.39. The number of hydrogen-bond acceptors (Lipinski definition) is 3. The van der Waals surface area contributed by atoms with E-state index in [1.54, 1.807) is 0 Å². The Morgan fingerprint density at radius 3 is 1.70 bits per heavy atom. The maximum absolute atomic E-state index is 10.8. The van der Waals surface area contributed by atoms with Crippen LogP contribution in [0.5, 0.6) is 0 Å². The summed E-state index contributed by atoms with van der Waals surface area (Å²) in [6.07, 6.45) is 2.20. The quantitative estimate of drug-likeness (QED) is 0.417. The lowest BCUT2D eigenvalue weighted by molar-refractivity contribution is 0.0473. The molecule has 0 heterocycles. The molecule has 0 amide bonds. The first-order valence-electron chi connectivity index (χ1n) is 8.83. The van der Waals surface area contributed by atoms with Gasteiger partial charge < -0.3 is 9.42 Å². The zero-order chi connectivity index (χ0) is 18.6. The fraction of sp³-hybridized carbons (Fsp3) is 1.00. The second-order valence-corrected chi connectivity index (χ2v) is 15.5. The normalized spacial score (nSPS) is 19.0. The van der Waals surface area contributed by atoms with Crippen molar-refractivity contribution in [3.8, 4) is 0 Å². The minimum atomic E-state index is -2.88. The van der Waals surface area contributed by atoms with Crippen LogP contribution in [0.4, 0.5) is 0 Å². The predicted molar refractivity (Wildman–Crippen MR) is 111 cm³/mol. The first-order valence-corrected chi connectivity index (χ1v) is 12.9. The molecule has 0 aliphatic heterocycles. The highest BCUT2D eigenvalue weighted by Gasteiger charge is 2.38. The molecule has 23 heavy (non-hydrogen) atoms. The predicted octanol–water partition coefficient (Wildman–Crippen LogP) is 6.87. The van der Waals surface area contributed by atoms with E-state index in [1.807, 2.05) is 0 Å². The molecule has 0 aromatic carbocycles. The molecule has 0 saturated heterocycles. The third kappa shape index (κ3) is 9.26. The van der Waals surface area contributed by atoms with Gasteiger partial charge in [0.05, 0.1) is 5.60 Å². The van der Waals surface area contributed by atoms with E-state index in [0.29, 0.717) is 23.7 Å². The molecule has 0 radical (unpaired) electrons. The summed E-state index contributed by atoms with van der Waals surface area (Å²) in [6, 6.07) is 0. The van der Waals surface area contributed by atoms with E-state index in [0.717, 1.165) is 12.8 Å². The highest BCUT2D eigenvalue weighted by atomic mass is 32.9. The molecule has 2 nitrogen and oxygen atoms in total. The molecule has 140 valence electrons. The lowest BCUT2D eigenvalue weighted by Gasteiger charge is -2.39. The monoisotopic (exact) mass is 382 g/mol. The van der Waals surface area contributed by atoms with E-state index in [-0.39, 0.29) is 4.75 Å². The molecule has 1 N–H and O–H groups in total. The summed E-state index contributed by atoms with van der Waals surface area (Å²) in [4.78, 5) is 10.8. The lowest BCUT2D eigenvalue weighted by Crippen LogP contribution is -2.33. The van der Waals surface area contributed by atoms with Gasteiger partial charge in [-0.3, -0.25) is 0 Å². The lowest BCUT2D eigenvalue weighted by atomic mass is 9.86. The molecule has 0 aliphatic carbocycles. The Morgan fingerprint density at radius 1 is 0.913 bits per heavy atom. The molecule has 0 saturated carbocycles. The highest BCUT2D eigenvalue weighted by Crippen LogP contribution is 2.65. The van der Waals surface area contributed by atoms with Gasteiger partial charge in [0, 0.05) is 4.75 Å². The molecule has 3 atom stereocenters. The van der Waals surface area contributed by atoms with Gasteiger partial charge in [0.2, 0.25) is 5.69 Å². The smallest absolute Gasteiger partial charge is 0.245 e. The molecule has 0 fully saturated rings. The summed E-state index contributed by atoms with van der Waals surface area (Å²) in [5.41, 5.74) is -3.28. The Bertz CT molecular complexity index is 372. The first kappa shape index (κ1) is 23.9. The second kappa shape index (κ2) is 9.03.